The smallest absolute Gasteiger partial charge is 0.171 e. The Bertz CT molecular complexity index is 677. The summed E-state index contributed by atoms with van der Waals surface area (Å²) in [5, 5.41) is 0. The van der Waals surface area contributed by atoms with Crippen LogP contribution in [0.3, 0.4) is 0 Å². The Kier molecular flexibility index (Phi) is 6.04. The summed E-state index contributed by atoms with van der Waals surface area (Å²) in [4.78, 5) is 11.2. The van der Waals surface area contributed by atoms with E-state index < -0.39 is 0 Å². The lowest BCUT2D eigenvalue weighted by atomic mass is 10.1. The molecule has 0 fully saturated rings. The second-order valence-electron chi connectivity index (χ2n) is 5.06. The summed E-state index contributed by atoms with van der Waals surface area (Å²) in [5.41, 5.74) is 2.60. The molecule has 23 heavy (non-hydrogen) atoms. The molecule has 0 aliphatic carbocycles. The molecule has 0 aliphatic rings. The number of benzene rings is 2. The highest BCUT2D eigenvalue weighted by Crippen LogP contribution is 2.34. The van der Waals surface area contributed by atoms with Gasteiger partial charge >= 0.3 is 0 Å². The van der Waals surface area contributed by atoms with Crippen molar-refractivity contribution in [3.63, 3.8) is 0 Å². The van der Waals surface area contributed by atoms with Crippen LogP contribution in [0.1, 0.15) is 21.5 Å². The maximum Gasteiger partial charge on any atom is 0.171 e. The summed E-state index contributed by atoms with van der Waals surface area (Å²) in [5.74, 6) is 1.80. The van der Waals surface area contributed by atoms with Crippen LogP contribution >= 0.6 is 15.9 Å². The standard InChI is InChI=1S/C18H19BrO4/c1-12-5-4-6-13(2)17(12)22-7-8-23-18-14(11-20)9-15(19)10-16(18)21-3/h4-6,9-11H,7-8H2,1-3H3. The second kappa shape index (κ2) is 8.02. The van der Waals surface area contributed by atoms with E-state index in [0.717, 1.165) is 27.6 Å². The van der Waals surface area contributed by atoms with Crippen LogP contribution < -0.4 is 14.2 Å². The Balaban J connectivity index is 2.03. The third-order valence-electron chi connectivity index (χ3n) is 3.38. The number of halogens is 1. The second-order valence-corrected chi connectivity index (χ2v) is 5.98. The molecule has 0 saturated carbocycles. The molecule has 0 aromatic heterocycles. The van der Waals surface area contributed by atoms with Crippen LogP contribution in [0.25, 0.3) is 0 Å². The minimum atomic E-state index is 0.312. The number of hydrogen-bond acceptors (Lipinski definition) is 4. The van der Waals surface area contributed by atoms with Crippen LogP contribution in [0.4, 0.5) is 0 Å². The Hall–Kier alpha value is -2.01. The topological polar surface area (TPSA) is 44.8 Å². The van der Waals surface area contributed by atoms with Gasteiger partial charge in [0, 0.05) is 4.47 Å². The molecule has 2 aromatic carbocycles. The number of aldehydes is 1. The molecule has 0 radical (unpaired) electrons. The van der Waals surface area contributed by atoms with Crippen molar-refractivity contribution in [1.82, 2.24) is 0 Å². The maximum atomic E-state index is 11.2. The molecule has 2 aromatic rings. The summed E-state index contributed by atoms with van der Waals surface area (Å²) >= 11 is 3.34. The lowest BCUT2D eigenvalue weighted by molar-refractivity contribution is 0.111. The van der Waals surface area contributed by atoms with Gasteiger partial charge in [0.05, 0.1) is 12.7 Å². The molecule has 0 heterocycles. The van der Waals surface area contributed by atoms with E-state index in [1.807, 2.05) is 32.0 Å². The first-order valence-electron chi connectivity index (χ1n) is 7.21. The SMILES string of the molecule is COc1cc(Br)cc(C=O)c1OCCOc1c(C)cccc1C. The molecule has 122 valence electrons. The zero-order valence-corrected chi connectivity index (χ0v) is 15.0. The average molecular weight is 379 g/mol. The summed E-state index contributed by atoms with van der Waals surface area (Å²) in [6, 6.07) is 9.46. The van der Waals surface area contributed by atoms with E-state index in [4.69, 9.17) is 14.2 Å². The summed E-state index contributed by atoms with van der Waals surface area (Å²) < 4.78 is 17.5. The van der Waals surface area contributed by atoms with Gasteiger partial charge < -0.3 is 14.2 Å². The van der Waals surface area contributed by atoms with Crippen molar-refractivity contribution in [3.8, 4) is 17.2 Å². The molecule has 0 bridgehead atoms. The number of carbonyl (C=O) groups excluding carboxylic acids is 1. The van der Waals surface area contributed by atoms with Crippen molar-refractivity contribution in [3.05, 3.63) is 51.5 Å². The number of hydrogen-bond donors (Lipinski definition) is 0. The van der Waals surface area contributed by atoms with Gasteiger partial charge in [-0.1, -0.05) is 34.1 Å². The quantitative estimate of drug-likeness (QED) is 0.530. The Morgan fingerprint density at radius 1 is 1.04 bits per heavy atom. The molecule has 0 spiro atoms. The zero-order valence-electron chi connectivity index (χ0n) is 13.4. The first-order chi connectivity index (χ1) is 11.1. The van der Waals surface area contributed by atoms with E-state index in [9.17, 15) is 4.79 Å². The van der Waals surface area contributed by atoms with Gasteiger partial charge in [-0.05, 0) is 37.1 Å². The van der Waals surface area contributed by atoms with Crippen LogP contribution in [-0.2, 0) is 0 Å². The number of para-hydroxylation sites is 1. The van der Waals surface area contributed by atoms with Gasteiger partial charge in [-0.3, -0.25) is 4.79 Å². The molecular weight excluding hydrogens is 360 g/mol. The van der Waals surface area contributed by atoms with Gasteiger partial charge in [-0.2, -0.15) is 0 Å². The normalized spacial score (nSPS) is 10.3. The van der Waals surface area contributed by atoms with Gasteiger partial charge in [0.2, 0.25) is 0 Å². The highest BCUT2D eigenvalue weighted by atomic mass is 79.9. The van der Waals surface area contributed by atoms with Crippen molar-refractivity contribution in [2.45, 2.75) is 13.8 Å². The highest BCUT2D eigenvalue weighted by molar-refractivity contribution is 9.10. The van der Waals surface area contributed by atoms with Gasteiger partial charge in [0.1, 0.15) is 19.0 Å². The number of aryl methyl sites for hydroxylation is 2. The van der Waals surface area contributed by atoms with E-state index in [2.05, 4.69) is 15.9 Å². The Morgan fingerprint density at radius 3 is 2.22 bits per heavy atom. The first-order valence-corrected chi connectivity index (χ1v) is 8.00. The average Bonchev–Trinajstić information content (AvgIpc) is 2.54. The fourth-order valence-corrected chi connectivity index (χ4v) is 2.75. The molecule has 0 atom stereocenters. The molecule has 4 nitrogen and oxygen atoms in total. The number of rotatable bonds is 7. The predicted octanol–water partition coefficient (Wildman–Crippen LogP) is 4.34. The summed E-state index contributed by atoms with van der Waals surface area (Å²) in [6.07, 6.45) is 0.745. The molecule has 0 saturated heterocycles. The molecule has 0 unspecified atom stereocenters. The van der Waals surface area contributed by atoms with Gasteiger partial charge in [0.15, 0.2) is 17.8 Å². The Labute approximate surface area is 144 Å². The van der Waals surface area contributed by atoms with E-state index >= 15 is 0 Å². The van der Waals surface area contributed by atoms with Crippen LogP contribution in [0, 0.1) is 13.8 Å². The molecule has 0 aliphatic heterocycles. The van der Waals surface area contributed by atoms with Crippen molar-refractivity contribution >= 4 is 22.2 Å². The van der Waals surface area contributed by atoms with E-state index in [1.54, 1.807) is 12.1 Å². The summed E-state index contributed by atoms with van der Waals surface area (Å²) in [6.45, 7) is 4.70. The third kappa shape index (κ3) is 4.26. The highest BCUT2D eigenvalue weighted by Gasteiger charge is 2.12. The largest absolute Gasteiger partial charge is 0.493 e. The van der Waals surface area contributed by atoms with Crippen molar-refractivity contribution < 1.29 is 19.0 Å². The van der Waals surface area contributed by atoms with E-state index in [1.165, 1.54) is 7.11 Å². The lowest BCUT2D eigenvalue weighted by Gasteiger charge is -2.15. The van der Waals surface area contributed by atoms with Crippen LogP contribution in [0.2, 0.25) is 0 Å². The van der Waals surface area contributed by atoms with Gasteiger partial charge in [-0.25, -0.2) is 0 Å². The van der Waals surface area contributed by atoms with Crippen LogP contribution in [0.15, 0.2) is 34.8 Å². The minimum Gasteiger partial charge on any atom is -0.493 e. The lowest BCUT2D eigenvalue weighted by Crippen LogP contribution is -2.11. The van der Waals surface area contributed by atoms with E-state index in [0.29, 0.717) is 30.3 Å². The number of ether oxygens (including phenoxy) is 3. The first kappa shape index (κ1) is 17.3. The maximum absolute atomic E-state index is 11.2. The predicted molar refractivity (Wildman–Crippen MR) is 93.0 cm³/mol. The fourth-order valence-electron chi connectivity index (χ4n) is 2.30. The fraction of sp³-hybridized carbons (Fsp3) is 0.278. The number of methoxy groups -OCH3 is 1. The summed E-state index contributed by atoms with van der Waals surface area (Å²) in [7, 11) is 1.54. The van der Waals surface area contributed by atoms with Gasteiger partial charge in [0.25, 0.3) is 0 Å². The molecule has 2 rings (SSSR count). The molecule has 5 heteroatoms. The monoisotopic (exact) mass is 378 g/mol. The van der Waals surface area contributed by atoms with Crippen LogP contribution in [-0.4, -0.2) is 26.6 Å². The third-order valence-corrected chi connectivity index (χ3v) is 3.84. The van der Waals surface area contributed by atoms with Crippen molar-refractivity contribution in [2.75, 3.05) is 20.3 Å². The van der Waals surface area contributed by atoms with Gasteiger partial charge in [-0.15, -0.1) is 0 Å². The van der Waals surface area contributed by atoms with Crippen molar-refractivity contribution in [2.24, 2.45) is 0 Å². The zero-order chi connectivity index (χ0) is 16.8. The molecule has 0 N–H and O–H groups in total. The Morgan fingerprint density at radius 2 is 1.65 bits per heavy atom. The molecule has 0 amide bonds. The van der Waals surface area contributed by atoms with Crippen molar-refractivity contribution in [1.29, 1.82) is 0 Å². The number of carbonyl (C=O) groups is 1. The van der Waals surface area contributed by atoms with E-state index in [-0.39, 0.29) is 0 Å². The minimum absolute atomic E-state index is 0.312. The molecular formula is C18H19BrO4. The van der Waals surface area contributed by atoms with Crippen LogP contribution in [0.5, 0.6) is 17.2 Å².